The number of imidazole rings is 1. The van der Waals surface area contributed by atoms with Crippen molar-refractivity contribution in [1.82, 2.24) is 14.5 Å². The normalized spacial score (nSPS) is 15.4. The van der Waals surface area contributed by atoms with Crippen LogP contribution in [-0.2, 0) is 28.5 Å². The molecule has 4 aromatic rings. The van der Waals surface area contributed by atoms with Gasteiger partial charge in [0.15, 0.2) is 15.4 Å². The van der Waals surface area contributed by atoms with Gasteiger partial charge in [0.2, 0.25) is 5.82 Å². The van der Waals surface area contributed by atoms with E-state index < -0.39 is 27.0 Å². The molecule has 3 heterocycles. The largest absolute Gasteiger partial charge is 0.711 e. The van der Waals surface area contributed by atoms with Crippen LogP contribution in [0.2, 0.25) is 0 Å². The molecule has 0 radical (unpaired) electrons. The van der Waals surface area contributed by atoms with E-state index in [-0.39, 0.29) is 33.3 Å². The third kappa shape index (κ3) is 4.01. The number of benzene rings is 1. The Bertz CT molecular complexity index is 1610. The van der Waals surface area contributed by atoms with Gasteiger partial charge in [0, 0.05) is 18.7 Å². The number of nitrogens with zero attached hydrogens (tertiary/aromatic N) is 4. The van der Waals surface area contributed by atoms with Gasteiger partial charge >= 0.3 is 5.65 Å². The van der Waals surface area contributed by atoms with Crippen LogP contribution >= 0.6 is 0 Å². The maximum Gasteiger partial charge on any atom is 0.312 e. The highest BCUT2D eigenvalue weighted by Crippen LogP contribution is 2.49. The molecule has 0 amide bonds. The maximum absolute atomic E-state index is 14.4. The zero-order valence-corrected chi connectivity index (χ0v) is 20.6. The number of sulfone groups is 1. The predicted molar refractivity (Wildman–Crippen MR) is 128 cm³/mol. The van der Waals surface area contributed by atoms with Gasteiger partial charge in [-0.25, -0.2) is 35.9 Å². The zero-order valence-electron chi connectivity index (χ0n) is 19.8. The topological polar surface area (TPSA) is 91.8 Å². The van der Waals surface area contributed by atoms with E-state index in [0.717, 1.165) is 12.3 Å². The fraction of sp³-hybridized carbons (Fsp3) is 0.320. The summed E-state index contributed by atoms with van der Waals surface area (Å²) in [5.41, 5.74) is -0.0659. The molecule has 11 heteroatoms. The van der Waals surface area contributed by atoms with Crippen molar-refractivity contribution in [2.24, 2.45) is 7.05 Å². The molecule has 1 aromatic carbocycles. The molecular formula is C25H23F3N4O3S. The van der Waals surface area contributed by atoms with Crippen LogP contribution in [0.1, 0.15) is 37.8 Å². The first kappa shape index (κ1) is 24.2. The molecule has 0 saturated heterocycles. The summed E-state index contributed by atoms with van der Waals surface area (Å²) in [6.45, 7) is 2.17. The molecule has 188 valence electrons. The van der Waals surface area contributed by atoms with E-state index in [0.29, 0.717) is 41.2 Å². The van der Waals surface area contributed by atoms with Crippen LogP contribution in [0.5, 0.6) is 0 Å². The fourth-order valence-corrected chi connectivity index (χ4v) is 5.27. The molecule has 3 aromatic heterocycles. The van der Waals surface area contributed by atoms with Crippen LogP contribution in [0.4, 0.5) is 13.2 Å². The van der Waals surface area contributed by atoms with Gasteiger partial charge < -0.3 is 5.21 Å². The van der Waals surface area contributed by atoms with Crippen molar-refractivity contribution in [2.75, 3.05) is 5.75 Å². The van der Waals surface area contributed by atoms with Crippen LogP contribution < -0.4 is 4.73 Å². The Kier molecular flexibility index (Phi) is 5.40. The van der Waals surface area contributed by atoms with E-state index in [4.69, 9.17) is 0 Å². The van der Waals surface area contributed by atoms with Crippen molar-refractivity contribution in [3.05, 3.63) is 65.1 Å². The molecule has 1 aliphatic rings. The lowest BCUT2D eigenvalue weighted by Gasteiger charge is -2.12. The molecule has 1 fully saturated rings. The minimum absolute atomic E-state index is 0.00132. The standard InChI is InChI=1S/C25H23F3N4O3S/c1-4-36(34,35)20-11-16(15-5-7-17(8-6-15)25(28)9-10-25)13-29-21(20)22-30-19-12-18(24(2,26)27)14-32(33)23(19)31(22)3/h5-8,11-14H,4,9-10H2,1-3H3. The van der Waals surface area contributed by atoms with Crippen molar-refractivity contribution in [3.8, 4) is 22.6 Å². The van der Waals surface area contributed by atoms with Crippen molar-refractivity contribution >= 4 is 21.0 Å². The van der Waals surface area contributed by atoms with Gasteiger partial charge in [-0.15, -0.1) is 0 Å². The summed E-state index contributed by atoms with van der Waals surface area (Å²) in [5.74, 6) is -3.43. The molecule has 7 nitrogen and oxygen atoms in total. The van der Waals surface area contributed by atoms with Gasteiger partial charge in [-0.05, 0) is 36.1 Å². The first-order chi connectivity index (χ1) is 16.8. The number of aryl methyl sites for hydroxylation is 1. The second kappa shape index (κ2) is 8.02. The molecule has 0 aliphatic heterocycles. The molecule has 0 bridgehead atoms. The van der Waals surface area contributed by atoms with E-state index in [1.165, 1.54) is 30.8 Å². The van der Waals surface area contributed by atoms with Crippen molar-refractivity contribution in [3.63, 3.8) is 0 Å². The zero-order chi connectivity index (χ0) is 26.0. The van der Waals surface area contributed by atoms with Crippen LogP contribution in [-0.4, -0.2) is 28.7 Å². The summed E-state index contributed by atoms with van der Waals surface area (Å²) in [4.78, 5) is 8.59. The summed E-state index contributed by atoms with van der Waals surface area (Å²) in [7, 11) is -2.32. The summed E-state index contributed by atoms with van der Waals surface area (Å²) in [5, 5.41) is 12.5. The van der Waals surface area contributed by atoms with Gasteiger partial charge in [-0.2, -0.15) is 4.98 Å². The summed E-state index contributed by atoms with van der Waals surface area (Å²) >= 11 is 0. The molecule has 0 unspecified atom stereocenters. The number of fused-ring (bicyclic) bond motifs is 1. The van der Waals surface area contributed by atoms with E-state index >= 15 is 0 Å². The van der Waals surface area contributed by atoms with Crippen LogP contribution in [0.15, 0.2) is 53.7 Å². The van der Waals surface area contributed by atoms with E-state index in [9.17, 15) is 26.8 Å². The smallest absolute Gasteiger partial charge is 0.312 e. The highest BCUT2D eigenvalue weighted by molar-refractivity contribution is 7.91. The third-order valence-corrected chi connectivity index (χ3v) is 8.30. The molecule has 1 saturated carbocycles. The Labute approximate surface area is 205 Å². The lowest BCUT2D eigenvalue weighted by molar-refractivity contribution is -0.581. The summed E-state index contributed by atoms with van der Waals surface area (Å²) in [6, 6.07) is 9.38. The first-order valence-electron chi connectivity index (χ1n) is 11.3. The lowest BCUT2D eigenvalue weighted by atomic mass is 10.0. The highest BCUT2D eigenvalue weighted by Gasteiger charge is 2.44. The highest BCUT2D eigenvalue weighted by atomic mass is 32.2. The number of pyridine rings is 2. The van der Waals surface area contributed by atoms with Gasteiger partial charge in [-0.3, -0.25) is 0 Å². The number of rotatable bonds is 6. The van der Waals surface area contributed by atoms with Gasteiger partial charge in [0.05, 0.1) is 23.3 Å². The minimum Gasteiger partial charge on any atom is -0.711 e. The molecule has 36 heavy (non-hydrogen) atoms. The van der Waals surface area contributed by atoms with Gasteiger partial charge in [0.25, 0.3) is 5.92 Å². The van der Waals surface area contributed by atoms with Crippen molar-refractivity contribution < 1.29 is 26.3 Å². The van der Waals surface area contributed by atoms with Crippen molar-refractivity contribution in [1.29, 1.82) is 0 Å². The van der Waals surface area contributed by atoms with Crippen molar-refractivity contribution in [2.45, 2.75) is 43.2 Å². The number of hydrogen-bond acceptors (Lipinski definition) is 5. The Hall–Kier alpha value is -3.47. The average molecular weight is 517 g/mol. The van der Waals surface area contributed by atoms with E-state index in [2.05, 4.69) is 9.97 Å². The molecular weight excluding hydrogens is 493 g/mol. The molecule has 1 aliphatic carbocycles. The van der Waals surface area contributed by atoms with E-state index in [1.54, 1.807) is 24.3 Å². The van der Waals surface area contributed by atoms with Gasteiger partial charge in [0.1, 0.15) is 17.6 Å². The molecule has 0 spiro atoms. The molecule has 0 atom stereocenters. The van der Waals surface area contributed by atoms with Crippen LogP contribution in [0.3, 0.4) is 0 Å². The Morgan fingerprint density at radius 1 is 1.17 bits per heavy atom. The molecule has 0 N–H and O–H groups in total. The number of aromatic nitrogens is 4. The first-order valence-corrected chi connectivity index (χ1v) is 13.0. The molecule has 5 rings (SSSR count). The fourth-order valence-electron chi connectivity index (χ4n) is 4.22. The number of hydrogen-bond donors (Lipinski definition) is 0. The summed E-state index contributed by atoms with van der Waals surface area (Å²) < 4.78 is 69.8. The Morgan fingerprint density at radius 3 is 2.42 bits per heavy atom. The quantitative estimate of drug-likeness (QED) is 0.271. The number of halogens is 3. The Morgan fingerprint density at radius 2 is 1.83 bits per heavy atom. The lowest BCUT2D eigenvalue weighted by Crippen LogP contribution is -2.31. The van der Waals surface area contributed by atoms with Crippen LogP contribution in [0.25, 0.3) is 33.8 Å². The predicted octanol–water partition coefficient (Wildman–Crippen LogP) is 4.80. The SMILES string of the molecule is CCS(=O)(=O)c1cc(-c2ccc(C3(F)CC3)cc2)cnc1-c1nc2cc(C(C)(F)F)c[n+]([O-])c2n1C. The van der Waals surface area contributed by atoms with Gasteiger partial charge in [-0.1, -0.05) is 31.2 Å². The third-order valence-electron chi connectivity index (χ3n) is 6.56. The minimum atomic E-state index is -3.81. The van der Waals surface area contributed by atoms with Crippen LogP contribution in [0, 0.1) is 5.21 Å². The summed E-state index contributed by atoms with van der Waals surface area (Å²) in [6.07, 6.45) is 3.22. The Balaban J connectivity index is 1.67. The van der Waals surface area contributed by atoms with E-state index in [1.807, 2.05) is 0 Å². The second-order valence-electron chi connectivity index (χ2n) is 9.16. The number of alkyl halides is 3. The second-order valence-corrected chi connectivity index (χ2v) is 11.4. The maximum atomic E-state index is 14.4. The monoisotopic (exact) mass is 516 g/mol. The average Bonchev–Trinajstić information content (AvgIpc) is 3.50.